The molecule has 1 N–H and O–H groups in total. The number of aromatic amines is 1. The van der Waals surface area contributed by atoms with Gasteiger partial charge in [0.25, 0.3) is 0 Å². The predicted molar refractivity (Wildman–Crippen MR) is 131 cm³/mol. The van der Waals surface area contributed by atoms with Crippen LogP contribution in [0, 0.1) is 17.7 Å². The highest BCUT2D eigenvalue weighted by atomic mass is 19.1. The summed E-state index contributed by atoms with van der Waals surface area (Å²) >= 11 is 0. The second kappa shape index (κ2) is 8.60. The minimum absolute atomic E-state index is 0.199. The van der Waals surface area contributed by atoms with E-state index in [1.54, 1.807) is 12.1 Å². The van der Waals surface area contributed by atoms with Crippen LogP contribution in [0.1, 0.15) is 62.6 Å². The number of aromatic nitrogens is 3. The van der Waals surface area contributed by atoms with Gasteiger partial charge in [0.1, 0.15) is 5.82 Å². The zero-order chi connectivity index (χ0) is 22.4. The Bertz CT molecular complexity index is 1260. The van der Waals surface area contributed by atoms with Crippen molar-refractivity contribution in [1.82, 2.24) is 14.8 Å². The first-order chi connectivity index (χ1) is 16.2. The summed E-state index contributed by atoms with van der Waals surface area (Å²) in [5.41, 5.74) is 6.17. The molecular formula is C28H32FN3O. The summed E-state index contributed by atoms with van der Waals surface area (Å²) in [5.74, 6) is 2.06. The van der Waals surface area contributed by atoms with Crippen LogP contribution >= 0.6 is 0 Å². The van der Waals surface area contributed by atoms with Crippen LogP contribution in [0.25, 0.3) is 27.5 Å². The van der Waals surface area contributed by atoms with Gasteiger partial charge in [0, 0.05) is 41.3 Å². The molecule has 0 radical (unpaired) electrons. The number of fused-ring (bicyclic) bond motifs is 2. The summed E-state index contributed by atoms with van der Waals surface area (Å²) in [6.07, 6.45) is 10.3. The van der Waals surface area contributed by atoms with Crippen molar-refractivity contribution in [2.24, 2.45) is 11.8 Å². The maximum Gasteiger partial charge on any atom is 0.123 e. The monoisotopic (exact) mass is 445 g/mol. The lowest BCUT2D eigenvalue weighted by molar-refractivity contribution is 0.0840. The van der Waals surface area contributed by atoms with Crippen molar-refractivity contribution in [2.45, 2.75) is 57.8 Å². The Balaban J connectivity index is 1.50. The average Bonchev–Trinajstić information content (AvgIpc) is 3.39. The summed E-state index contributed by atoms with van der Waals surface area (Å²) in [4.78, 5) is 0. The van der Waals surface area contributed by atoms with Crippen molar-refractivity contribution >= 4 is 21.8 Å². The van der Waals surface area contributed by atoms with E-state index in [9.17, 15) is 4.39 Å². The average molecular weight is 446 g/mol. The van der Waals surface area contributed by atoms with Gasteiger partial charge in [-0.2, -0.15) is 5.10 Å². The molecule has 3 heterocycles. The molecule has 2 fully saturated rings. The van der Waals surface area contributed by atoms with Crippen LogP contribution < -0.4 is 0 Å². The molecule has 1 aliphatic carbocycles. The van der Waals surface area contributed by atoms with Crippen LogP contribution in [0.2, 0.25) is 0 Å². The van der Waals surface area contributed by atoms with E-state index in [-0.39, 0.29) is 5.82 Å². The van der Waals surface area contributed by atoms with Gasteiger partial charge >= 0.3 is 0 Å². The molecule has 0 bridgehead atoms. The van der Waals surface area contributed by atoms with Gasteiger partial charge < -0.3 is 9.30 Å². The van der Waals surface area contributed by atoms with E-state index in [1.807, 2.05) is 18.3 Å². The summed E-state index contributed by atoms with van der Waals surface area (Å²) in [6.45, 7) is 3.98. The van der Waals surface area contributed by atoms with Crippen LogP contribution in [0.15, 0.2) is 42.6 Å². The Morgan fingerprint density at radius 2 is 1.91 bits per heavy atom. The maximum atomic E-state index is 13.8. The van der Waals surface area contributed by atoms with Gasteiger partial charge in [-0.05, 0) is 92.3 Å². The van der Waals surface area contributed by atoms with Gasteiger partial charge in [-0.3, -0.25) is 5.10 Å². The largest absolute Gasteiger partial charge is 0.381 e. The van der Waals surface area contributed by atoms with Crippen molar-refractivity contribution in [3.8, 4) is 5.69 Å². The molecule has 0 amide bonds. The number of aryl methyl sites for hydroxylation is 1. The molecule has 1 saturated heterocycles. The minimum Gasteiger partial charge on any atom is -0.381 e. The molecular weight excluding hydrogens is 413 g/mol. The van der Waals surface area contributed by atoms with Crippen molar-refractivity contribution in [3.63, 3.8) is 0 Å². The molecule has 1 aliphatic heterocycles. The number of rotatable bonds is 6. The summed E-state index contributed by atoms with van der Waals surface area (Å²) < 4.78 is 21.9. The first kappa shape index (κ1) is 20.9. The Hall–Kier alpha value is -2.66. The van der Waals surface area contributed by atoms with E-state index < -0.39 is 0 Å². The van der Waals surface area contributed by atoms with Crippen LogP contribution in [-0.2, 0) is 11.2 Å². The van der Waals surface area contributed by atoms with Crippen LogP contribution in [0.3, 0.4) is 0 Å². The topological polar surface area (TPSA) is 42.8 Å². The van der Waals surface area contributed by atoms with Crippen molar-refractivity contribution in [3.05, 3.63) is 59.7 Å². The van der Waals surface area contributed by atoms with E-state index >= 15 is 0 Å². The molecule has 5 heteroatoms. The molecule has 33 heavy (non-hydrogen) atoms. The highest BCUT2D eigenvalue weighted by molar-refractivity contribution is 5.98. The van der Waals surface area contributed by atoms with Crippen LogP contribution in [0.5, 0.6) is 0 Å². The van der Waals surface area contributed by atoms with Gasteiger partial charge in [-0.25, -0.2) is 4.39 Å². The number of nitrogens with one attached hydrogen (secondary N) is 1. The molecule has 2 aromatic heterocycles. The summed E-state index contributed by atoms with van der Waals surface area (Å²) in [5, 5.41) is 9.85. The summed E-state index contributed by atoms with van der Waals surface area (Å²) in [7, 11) is 0. The molecule has 0 atom stereocenters. The number of H-pyrrole nitrogens is 1. The lowest BCUT2D eigenvalue weighted by atomic mass is 9.73. The molecule has 0 unspecified atom stereocenters. The number of ether oxygens (including phenoxy) is 1. The zero-order valence-electron chi connectivity index (χ0n) is 19.3. The van der Waals surface area contributed by atoms with E-state index in [2.05, 4.69) is 33.8 Å². The quantitative estimate of drug-likeness (QED) is 0.350. The fourth-order valence-corrected chi connectivity index (χ4v) is 6.21. The van der Waals surface area contributed by atoms with Crippen LogP contribution in [0.4, 0.5) is 4.39 Å². The van der Waals surface area contributed by atoms with Gasteiger partial charge in [0.05, 0.1) is 17.2 Å². The summed E-state index contributed by atoms with van der Waals surface area (Å²) in [6, 6.07) is 11.5. The number of hydrogen-bond acceptors (Lipinski definition) is 2. The molecule has 172 valence electrons. The molecule has 0 spiro atoms. The third-order valence-electron chi connectivity index (χ3n) is 7.88. The minimum atomic E-state index is -0.199. The predicted octanol–water partition coefficient (Wildman–Crippen LogP) is 6.91. The molecule has 4 nitrogen and oxygen atoms in total. The SMILES string of the molecule is CC1CC(CCCc2c(C3CCOCC3)n(-c3ccc(F)cc3)c3cc4cn[nH]c4cc23)C1. The van der Waals surface area contributed by atoms with Gasteiger partial charge in [-0.15, -0.1) is 0 Å². The Labute approximate surface area is 194 Å². The Morgan fingerprint density at radius 1 is 1.12 bits per heavy atom. The number of halogens is 1. The van der Waals surface area contributed by atoms with Crippen molar-refractivity contribution in [2.75, 3.05) is 13.2 Å². The lowest BCUT2D eigenvalue weighted by Gasteiger charge is -2.32. The third-order valence-corrected chi connectivity index (χ3v) is 7.88. The Morgan fingerprint density at radius 3 is 2.67 bits per heavy atom. The van der Waals surface area contributed by atoms with Crippen molar-refractivity contribution < 1.29 is 9.13 Å². The van der Waals surface area contributed by atoms with Gasteiger partial charge in [0.2, 0.25) is 0 Å². The molecule has 4 aromatic rings. The smallest absolute Gasteiger partial charge is 0.123 e. The fourth-order valence-electron chi connectivity index (χ4n) is 6.21. The number of benzene rings is 2. The second-order valence-corrected chi connectivity index (χ2v) is 10.2. The fraction of sp³-hybridized carbons (Fsp3) is 0.464. The molecule has 2 aromatic carbocycles. The van der Waals surface area contributed by atoms with E-state index in [0.717, 1.165) is 60.9 Å². The van der Waals surface area contributed by atoms with Gasteiger partial charge in [0.15, 0.2) is 0 Å². The molecule has 1 saturated carbocycles. The first-order valence-corrected chi connectivity index (χ1v) is 12.5. The Kier molecular flexibility index (Phi) is 5.45. The van der Waals surface area contributed by atoms with E-state index in [0.29, 0.717) is 5.92 Å². The highest BCUT2D eigenvalue weighted by Crippen LogP contribution is 2.41. The lowest BCUT2D eigenvalue weighted by Crippen LogP contribution is -2.21. The first-order valence-electron chi connectivity index (χ1n) is 12.5. The molecule has 6 rings (SSSR count). The number of nitrogens with zero attached hydrogens (tertiary/aromatic N) is 2. The van der Waals surface area contributed by atoms with E-state index in [4.69, 9.17) is 4.74 Å². The zero-order valence-corrected chi connectivity index (χ0v) is 19.3. The standard InChI is InChI=1S/C28H32FN3O/c1-18-13-19(14-18)3-2-4-24-25-16-26-21(17-30-31-26)15-27(25)32(23-7-5-22(29)6-8-23)28(24)20-9-11-33-12-10-20/h5-8,15-20H,2-4,9-14H2,1H3,(H,30,31). The normalized spacial score (nSPS) is 21.6. The second-order valence-electron chi connectivity index (χ2n) is 10.2. The molecule has 2 aliphatic rings. The number of hydrogen-bond donors (Lipinski definition) is 1. The van der Waals surface area contributed by atoms with E-state index in [1.165, 1.54) is 47.8 Å². The maximum absolute atomic E-state index is 13.8. The third kappa shape index (κ3) is 3.86. The highest BCUT2D eigenvalue weighted by Gasteiger charge is 2.28. The van der Waals surface area contributed by atoms with Gasteiger partial charge in [-0.1, -0.05) is 13.3 Å². The van der Waals surface area contributed by atoms with Crippen LogP contribution in [-0.4, -0.2) is 28.0 Å². The van der Waals surface area contributed by atoms with Crippen molar-refractivity contribution in [1.29, 1.82) is 0 Å².